The van der Waals surface area contributed by atoms with E-state index in [2.05, 4.69) is 32.9 Å². The van der Waals surface area contributed by atoms with Gasteiger partial charge in [0.2, 0.25) is 0 Å². The van der Waals surface area contributed by atoms with Gasteiger partial charge < -0.3 is 0 Å². The van der Waals surface area contributed by atoms with Gasteiger partial charge in [-0.2, -0.15) is 0 Å². The lowest BCUT2D eigenvalue weighted by Gasteiger charge is -2.12. The Morgan fingerprint density at radius 3 is 2.27 bits per heavy atom. The van der Waals surface area contributed by atoms with Crippen LogP contribution in [-0.4, -0.2) is 15.2 Å². The molecule has 0 fully saturated rings. The third-order valence-electron chi connectivity index (χ3n) is 3.46. The maximum Gasteiger partial charge on any atom is 0.146 e. The Balaban J connectivity index is 2.71. The van der Waals surface area contributed by atoms with E-state index >= 15 is 0 Å². The molecule has 1 aromatic rings. The Morgan fingerprint density at radius 1 is 1.09 bits per heavy atom. The molecule has 0 aromatic heterocycles. The molecule has 2 atom stereocenters. The van der Waals surface area contributed by atoms with Crippen LogP contribution < -0.4 is 0 Å². The quantitative estimate of drug-likeness (QED) is 0.643. The maximum absolute atomic E-state index is 12.6. The number of carbonyl (C=O) groups excluding carboxylic acids is 1. The Labute approximate surface area is 136 Å². The third-order valence-corrected chi connectivity index (χ3v) is 5.24. The van der Waals surface area contributed by atoms with Gasteiger partial charge in [-0.15, -0.1) is 0 Å². The minimum absolute atomic E-state index is 0.0180. The monoisotopic (exact) mass is 318 g/mol. The van der Waals surface area contributed by atoms with E-state index in [9.17, 15) is 9.00 Å². The molecule has 0 spiro atoms. The molecule has 2 unspecified atom stereocenters. The van der Waals surface area contributed by atoms with Crippen LogP contribution in [0.1, 0.15) is 47.0 Å². The predicted molar refractivity (Wildman–Crippen MR) is 94.4 cm³/mol. The van der Waals surface area contributed by atoms with Crippen molar-refractivity contribution in [3.63, 3.8) is 0 Å². The van der Waals surface area contributed by atoms with E-state index in [0.717, 1.165) is 17.7 Å². The van der Waals surface area contributed by atoms with Crippen molar-refractivity contribution in [3.8, 4) is 0 Å². The van der Waals surface area contributed by atoms with Crippen LogP contribution in [-0.2, 0) is 15.6 Å². The van der Waals surface area contributed by atoms with Crippen molar-refractivity contribution in [1.29, 1.82) is 0 Å². The first kappa shape index (κ1) is 18.6. The van der Waals surface area contributed by atoms with Gasteiger partial charge in [0, 0.05) is 4.90 Å². The first-order valence-electron chi connectivity index (χ1n) is 7.67. The Kier molecular flexibility index (Phi) is 8.03. The van der Waals surface area contributed by atoms with Crippen LogP contribution in [0, 0.1) is 0 Å². The number of ketones is 1. The smallest absolute Gasteiger partial charge is 0.146 e. The van der Waals surface area contributed by atoms with E-state index in [1.807, 2.05) is 30.3 Å². The number of Topliss-reactive ketones (excluding diaryl/α,β-unsaturated/α-hetero) is 1. The van der Waals surface area contributed by atoms with E-state index < -0.39 is 16.0 Å². The second kappa shape index (κ2) is 9.52. The Bertz CT molecular complexity index is 566. The molecule has 1 rings (SSSR count). The molecule has 3 heteroatoms. The summed E-state index contributed by atoms with van der Waals surface area (Å²) in [6.45, 7) is 7.78. The number of hydrogen-bond acceptors (Lipinski definition) is 2. The molecule has 120 valence electrons. The molecular weight excluding hydrogens is 292 g/mol. The molecule has 0 saturated carbocycles. The van der Waals surface area contributed by atoms with Crippen LogP contribution in [0.4, 0.5) is 0 Å². The van der Waals surface area contributed by atoms with Crippen LogP contribution in [0.2, 0.25) is 0 Å². The number of rotatable bonds is 8. The molecule has 0 N–H and O–H groups in total. The fraction of sp³-hybridized carbons (Fsp3) is 0.421. The molecule has 2 nitrogen and oxygen atoms in total. The number of benzene rings is 1. The molecule has 1 aromatic carbocycles. The summed E-state index contributed by atoms with van der Waals surface area (Å²) in [5, 5.41) is -0.458. The summed E-state index contributed by atoms with van der Waals surface area (Å²) >= 11 is 0. The van der Waals surface area contributed by atoms with Crippen LogP contribution in [0.3, 0.4) is 0 Å². The zero-order chi connectivity index (χ0) is 16.5. The molecule has 0 aliphatic rings. The molecule has 22 heavy (non-hydrogen) atoms. The van der Waals surface area contributed by atoms with Gasteiger partial charge in [-0.1, -0.05) is 41.5 Å². The highest BCUT2D eigenvalue weighted by Gasteiger charge is 2.21. The molecule has 0 heterocycles. The summed E-state index contributed by atoms with van der Waals surface area (Å²) in [6, 6.07) is 9.22. The molecule has 0 amide bonds. The SMILES string of the molecule is CC(=O)C(C/C=C(\C)CCC=C(C)C)S(=O)c1ccccc1. The van der Waals surface area contributed by atoms with Crippen LogP contribution in [0.25, 0.3) is 0 Å². The molecule has 0 aliphatic carbocycles. The normalized spacial score (nSPS) is 14.3. The van der Waals surface area contributed by atoms with Crippen molar-refractivity contribution >= 4 is 16.6 Å². The van der Waals surface area contributed by atoms with E-state index in [1.165, 1.54) is 18.1 Å². The fourth-order valence-corrected chi connectivity index (χ4v) is 3.45. The predicted octanol–water partition coefficient (Wildman–Crippen LogP) is 4.83. The van der Waals surface area contributed by atoms with Crippen molar-refractivity contribution in [1.82, 2.24) is 0 Å². The summed E-state index contributed by atoms with van der Waals surface area (Å²) < 4.78 is 12.6. The summed E-state index contributed by atoms with van der Waals surface area (Å²) in [6.07, 6.45) is 6.80. The van der Waals surface area contributed by atoms with Crippen LogP contribution in [0.5, 0.6) is 0 Å². The number of hydrogen-bond donors (Lipinski definition) is 0. The molecule has 0 bridgehead atoms. The minimum Gasteiger partial charge on any atom is -0.299 e. The summed E-state index contributed by atoms with van der Waals surface area (Å²) in [4.78, 5) is 12.6. The lowest BCUT2D eigenvalue weighted by atomic mass is 10.1. The zero-order valence-electron chi connectivity index (χ0n) is 14.0. The molecular formula is C19H26O2S. The van der Waals surface area contributed by atoms with Gasteiger partial charge in [0.1, 0.15) is 11.0 Å². The summed E-state index contributed by atoms with van der Waals surface area (Å²) in [7, 11) is -1.29. The second-order valence-corrected chi connectivity index (χ2v) is 7.45. The Morgan fingerprint density at radius 2 is 1.73 bits per heavy atom. The molecule has 0 radical (unpaired) electrons. The van der Waals surface area contributed by atoms with Crippen LogP contribution >= 0.6 is 0 Å². The van der Waals surface area contributed by atoms with E-state index in [4.69, 9.17) is 0 Å². The van der Waals surface area contributed by atoms with Gasteiger partial charge in [-0.3, -0.25) is 9.00 Å². The third kappa shape index (κ3) is 6.52. The van der Waals surface area contributed by atoms with E-state index in [-0.39, 0.29) is 5.78 Å². The summed E-state index contributed by atoms with van der Waals surface area (Å²) in [5.41, 5.74) is 2.56. The van der Waals surface area contributed by atoms with E-state index in [0.29, 0.717) is 6.42 Å². The topological polar surface area (TPSA) is 34.1 Å². The first-order chi connectivity index (χ1) is 10.4. The largest absolute Gasteiger partial charge is 0.299 e. The second-order valence-electron chi connectivity index (χ2n) is 5.82. The van der Waals surface area contributed by atoms with Gasteiger partial charge in [0.25, 0.3) is 0 Å². The van der Waals surface area contributed by atoms with Crippen molar-refractivity contribution in [2.24, 2.45) is 0 Å². The summed E-state index contributed by atoms with van der Waals surface area (Å²) in [5.74, 6) is -0.0180. The van der Waals surface area contributed by atoms with Gasteiger partial charge in [0.05, 0.1) is 10.8 Å². The van der Waals surface area contributed by atoms with Gasteiger partial charge in [-0.05, 0) is 59.1 Å². The Hall–Kier alpha value is -1.48. The van der Waals surface area contributed by atoms with Crippen molar-refractivity contribution < 1.29 is 9.00 Å². The average molecular weight is 318 g/mol. The molecule has 0 aliphatic heterocycles. The van der Waals surface area contributed by atoms with Gasteiger partial charge in [-0.25, -0.2) is 0 Å². The maximum atomic E-state index is 12.6. The minimum atomic E-state index is -1.29. The fourth-order valence-electron chi connectivity index (χ4n) is 2.12. The van der Waals surface area contributed by atoms with Gasteiger partial charge in [0.15, 0.2) is 0 Å². The van der Waals surface area contributed by atoms with Crippen molar-refractivity contribution in [2.45, 2.75) is 57.1 Å². The number of allylic oxidation sites excluding steroid dienone is 4. The number of carbonyl (C=O) groups is 1. The average Bonchev–Trinajstić information content (AvgIpc) is 2.47. The van der Waals surface area contributed by atoms with Crippen molar-refractivity contribution in [3.05, 3.63) is 53.6 Å². The zero-order valence-corrected chi connectivity index (χ0v) is 14.8. The van der Waals surface area contributed by atoms with Crippen molar-refractivity contribution in [2.75, 3.05) is 0 Å². The van der Waals surface area contributed by atoms with Crippen LogP contribution in [0.15, 0.2) is 58.5 Å². The highest BCUT2D eigenvalue weighted by molar-refractivity contribution is 7.86. The lowest BCUT2D eigenvalue weighted by molar-refractivity contribution is -0.116. The van der Waals surface area contributed by atoms with Gasteiger partial charge >= 0.3 is 0 Å². The lowest BCUT2D eigenvalue weighted by Crippen LogP contribution is -2.23. The first-order valence-corrected chi connectivity index (χ1v) is 8.88. The molecule has 0 saturated heterocycles. The highest BCUT2D eigenvalue weighted by atomic mass is 32.2. The standard InChI is InChI=1S/C19H26O2S/c1-15(2)9-8-10-16(3)13-14-19(17(4)20)22(21)18-11-6-5-7-12-18/h5-7,9,11-13,19H,8,10,14H2,1-4H3/b16-13+. The van der Waals surface area contributed by atoms with E-state index in [1.54, 1.807) is 0 Å². The highest BCUT2D eigenvalue weighted by Crippen LogP contribution is 2.17.